The maximum atomic E-state index is 11.1. The van der Waals surface area contributed by atoms with Crippen LogP contribution in [0, 0.1) is 5.92 Å². The van der Waals surface area contributed by atoms with Crippen LogP contribution in [-0.2, 0) is 4.79 Å². The molecule has 0 saturated heterocycles. The highest BCUT2D eigenvalue weighted by Crippen LogP contribution is 2.28. The number of hydrogen-bond acceptors (Lipinski definition) is 3. The number of rotatable bonds is 3. The molecule has 1 rings (SSSR count). The van der Waals surface area contributed by atoms with Gasteiger partial charge < -0.3 is 16.3 Å². The van der Waals surface area contributed by atoms with Crippen LogP contribution in [0.5, 0.6) is 0 Å². The van der Waals surface area contributed by atoms with Crippen LogP contribution >= 0.6 is 0 Å². The zero-order chi connectivity index (χ0) is 9.14. The third kappa shape index (κ3) is 2.11. The van der Waals surface area contributed by atoms with Gasteiger partial charge in [0, 0.05) is 5.92 Å². The molecular weight excluding hydrogens is 158 g/mol. The van der Waals surface area contributed by atoms with Gasteiger partial charge in [0.25, 0.3) is 0 Å². The Labute approximate surface area is 70.6 Å². The Morgan fingerprint density at radius 3 is 2.75 bits per heavy atom. The Balaban J connectivity index is 2.34. The van der Waals surface area contributed by atoms with E-state index in [-0.39, 0.29) is 23.7 Å². The Morgan fingerprint density at radius 2 is 2.33 bits per heavy atom. The highest BCUT2D eigenvalue weighted by molar-refractivity contribution is 5.90. The van der Waals surface area contributed by atoms with E-state index in [1.165, 1.54) is 0 Å². The summed E-state index contributed by atoms with van der Waals surface area (Å²) in [6.07, 6.45) is 1.91. The first-order chi connectivity index (χ1) is 5.65. The largest absolute Gasteiger partial charge is 0.409 e. The maximum Gasteiger partial charge on any atom is 0.223 e. The number of carbonyl (C=O) groups excluding carboxylic acids is 1. The van der Waals surface area contributed by atoms with Crippen LogP contribution in [0.4, 0.5) is 0 Å². The van der Waals surface area contributed by atoms with E-state index in [0.29, 0.717) is 0 Å². The molecule has 0 radical (unpaired) electrons. The molecule has 0 aromatic rings. The van der Waals surface area contributed by atoms with Crippen LogP contribution in [-0.4, -0.2) is 23.0 Å². The molecule has 0 aromatic carbocycles. The minimum Gasteiger partial charge on any atom is -0.409 e. The van der Waals surface area contributed by atoms with Gasteiger partial charge in [0.1, 0.15) is 0 Å². The van der Waals surface area contributed by atoms with Crippen molar-refractivity contribution >= 4 is 11.7 Å². The van der Waals surface area contributed by atoms with E-state index in [0.717, 1.165) is 12.8 Å². The number of carbonyl (C=O) groups is 1. The fraction of sp³-hybridized carbons (Fsp3) is 0.714. The van der Waals surface area contributed by atoms with Crippen molar-refractivity contribution in [1.82, 2.24) is 5.32 Å². The molecule has 1 aliphatic rings. The zero-order valence-electron chi connectivity index (χ0n) is 6.95. The summed E-state index contributed by atoms with van der Waals surface area (Å²) in [5.41, 5.74) is 5.27. The van der Waals surface area contributed by atoms with Crippen LogP contribution < -0.4 is 11.1 Å². The summed E-state index contributed by atoms with van der Waals surface area (Å²) in [4.78, 5) is 11.1. The molecule has 1 unspecified atom stereocenters. The lowest BCUT2D eigenvalue weighted by Gasteiger charge is -2.10. The predicted molar refractivity (Wildman–Crippen MR) is 43.7 cm³/mol. The molecule has 1 aliphatic carbocycles. The maximum absolute atomic E-state index is 11.1. The van der Waals surface area contributed by atoms with Crippen molar-refractivity contribution in [2.75, 3.05) is 0 Å². The summed E-state index contributed by atoms with van der Waals surface area (Å²) in [5, 5.41) is 13.7. The highest BCUT2D eigenvalue weighted by atomic mass is 16.4. The standard InChI is InChI=1S/C7H13N3O2/c1-4(6(8)10-12)9-7(11)5-2-3-5/h4-5,12H,2-3H2,1H3,(H2,8,10)(H,9,11). The Morgan fingerprint density at radius 1 is 1.75 bits per heavy atom. The van der Waals surface area contributed by atoms with Gasteiger partial charge >= 0.3 is 0 Å². The summed E-state index contributed by atoms with van der Waals surface area (Å²) >= 11 is 0. The molecule has 0 aromatic heterocycles. The smallest absolute Gasteiger partial charge is 0.223 e. The molecule has 0 heterocycles. The molecule has 1 fully saturated rings. The lowest BCUT2D eigenvalue weighted by Crippen LogP contribution is -2.43. The first kappa shape index (κ1) is 8.83. The van der Waals surface area contributed by atoms with Crippen molar-refractivity contribution in [2.45, 2.75) is 25.8 Å². The third-order valence-corrected chi connectivity index (χ3v) is 1.87. The van der Waals surface area contributed by atoms with Crippen LogP contribution in [0.2, 0.25) is 0 Å². The molecule has 5 nitrogen and oxygen atoms in total. The van der Waals surface area contributed by atoms with Crippen molar-refractivity contribution in [2.24, 2.45) is 16.8 Å². The number of nitrogens with two attached hydrogens (primary N) is 1. The van der Waals surface area contributed by atoms with Gasteiger partial charge in [-0.2, -0.15) is 0 Å². The number of hydrogen-bond donors (Lipinski definition) is 3. The minimum atomic E-state index is -0.386. The lowest BCUT2D eigenvalue weighted by molar-refractivity contribution is -0.122. The number of nitrogens with one attached hydrogen (secondary N) is 1. The van der Waals surface area contributed by atoms with E-state index in [4.69, 9.17) is 10.9 Å². The average Bonchev–Trinajstić information content (AvgIpc) is 2.84. The van der Waals surface area contributed by atoms with Gasteiger partial charge in [0.05, 0.1) is 6.04 Å². The van der Waals surface area contributed by atoms with Crippen molar-refractivity contribution in [1.29, 1.82) is 0 Å². The van der Waals surface area contributed by atoms with Crippen molar-refractivity contribution in [3.05, 3.63) is 0 Å². The molecule has 0 spiro atoms. The van der Waals surface area contributed by atoms with Gasteiger partial charge in [-0.15, -0.1) is 0 Å². The average molecular weight is 171 g/mol. The van der Waals surface area contributed by atoms with E-state index >= 15 is 0 Å². The second-order valence-corrected chi connectivity index (χ2v) is 3.03. The number of amides is 1. The number of oxime groups is 1. The van der Waals surface area contributed by atoms with Crippen LogP contribution in [0.25, 0.3) is 0 Å². The fourth-order valence-electron chi connectivity index (χ4n) is 0.837. The molecule has 12 heavy (non-hydrogen) atoms. The van der Waals surface area contributed by atoms with Gasteiger partial charge in [-0.05, 0) is 19.8 Å². The van der Waals surface area contributed by atoms with Gasteiger partial charge in [0.15, 0.2) is 5.84 Å². The van der Waals surface area contributed by atoms with Crippen LogP contribution in [0.1, 0.15) is 19.8 Å². The lowest BCUT2D eigenvalue weighted by atomic mass is 10.3. The highest BCUT2D eigenvalue weighted by Gasteiger charge is 2.30. The second kappa shape index (κ2) is 3.42. The monoisotopic (exact) mass is 171 g/mol. The molecule has 1 amide bonds. The normalized spacial score (nSPS) is 20.2. The number of amidine groups is 1. The van der Waals surface area contributed by atoms with E-state index in [9.17, 15) is 4.79 Å². The molecule has 5 heteroatoms. The van der Waals surface area contributed by atoms with Gasteiger partial charge in [-0.25, -0.2) is 0 Å². The zero-order valence-corrected chi connectivity index (χ0v) is 6.95. The third-order valence-electron chi connectivity index (χ3n) is 1.87. The van der Waals surface area contributed by atoms with Crippen LogP contribution in [0.15, 0.2) is 5.16 Å². The van der Waals surface area contributed by atoms with Crippen molar-refractivity contribution in [3.63, 3.8) is 0 Å². The fourth-order valence-corrected chi connectivity index (χ4v) is 0.837. The molecule has 1 atom stereocenters. The van der Waals surface area contributed by atoms with Gasteiger partial charge in [0.2, 0.25) is 5.91 Å². The SMILES string of the molecule is CC(NC(=O)C1CC1)/C(N)=N/O. The van der Waals surface area contributed by atoms with E-state index in [1.807, 2.05) is 0 Å². The molecule has 68 valence electrons. The van der Waals surface area contributed by atoms with E-state index in [2.05, 4.69) is 10.5 Å². The summed E-state index contributed by atoms with van der Waals surface area (Å²) in [5.74, 6) is 0.178. The predicted octanol–water partition coefficient (Wildman–Crippen LogP) is -0.352. The van der Waals surface area contributed by atoms with Crippen molar-refractivity contribution < 1.29 is 10.0 Å². The van der Waals surface area contributed by atoms with E-state index < -0.39 is 0 Å². The summed E-state index contributed by atoms with van der Waals surface area (Å²) in [7, 11) is 0. The first-order valence-corrected chi connectivity index (χ1v) is 3.93. The first-order valence-electron chi connectivity index (χ1n) is 3.93. The topological polar surface area (TPSA) is 87.7 Å². The van der Waals surface area contributed by atoms with Gasteiger partial charge in [-0.1, -0.05) is 5.16 Å². The molecule has 0 aliphatic heterocycles. The van der Waals surface area contributed by atoms with Crippen molar-refractivity contribution in [3.8, 4) is 0 Å². The molecule has 4 N–H and O–H groups in total. The molecule has 1 saturated carbocycles. The second-order valence-electron chi connectivity index (χ2n) is 3.03. The summed E-state index contributed by atoms with van der Waals surface area (Å²) < 4.78 is 0. The Hall–Kier alpha value is -1.26. The molecule has 0 bridgehead atoms. The minimum absolute atomic E-state index is 0.00546. The van der Waals surface area contributed by atoms with E-state index in [1.54, 1.807) is 6.92 Å². The quantitative estimate of drug-likeness (QED) is 0.235. The summed E-state index contributed by atoms with van der Waals surface area (Å²) in [6.45, 7) is 1.68. The van der Waals surface area contributed by atoms with Crippen LogP contribution in [0.3, 0.4) is 0 Å². The summed E-state index contributed by atoms with van der Waals surface area (Å²) in [6, 6.07) is -0.386. The Kier molecular flexibility index (Phi) is 2.52. The molecular formula is C7H13N3O2. The van der Waals surface area contributed by atoms with Gasteiger partial charge in [-0.3, -0.25) is 4.79 Å². The Bertz CT molecular complexity index is 211. The number of nitrogens with zero attached hydrogens (tertiary/aromatic N) is 1.